The number of rotatable bonds is 3. The van der Waals surface area contributed by atoms with Crippen LogP contribution in [0.4, 0.5) is 11.4 Å². The van der Waals surface area contributed by atoms with Gasteiger partial charge < -0.3 is 5.32 Å². The van der Waals surface area contributed by atoms with E-state index in [2.05, 4.69) is 10.3 Å². The van der Waals surface area contributed by atoms with Gasteiger partial charge in [-0.2, -0.15) is 0 Å². The Bertz CT molecular complexity index is 1030. The van der Waals surface area contributed by atoms with E-state index in [1.807, 2.05) is 38.1 Å². The van der Waals surface area contributed by atoms with E-state index >= 15 is 0 Å². The highest BCUT2D eigenvalue weighted by molar-refractivity contribution is 7.07. The van der Waals surface area contributed by atoms with Crippen molar-refractivity contribution >= 4 is 34.7 Å². The molecule has 0 unspecified atom stereocenters. The van der Waals surface area contributed by atoms with Crippen LogP contribution in [0.3, 0.4) is 0 Å². The third kappa shape index (κ3) is 4.15. The van der Waals surface area contributed by atoms with Crippen molar-refractivity contribution in [2.75, 3.05) is 5.32 Å². The molecule has 0 aliphatic heterocycles. The van der Waals surface area contributed by atoms with Crippen molar-refractivity contribution < 1.29 is 4.79 Å². The van der Waals surface area contributed by atoms with Gasteiger partial charge in [-0.15, -0.1) is 0 Å². The second-order valence-corrected chi connectivity index (χ2v) is 7.25. The largest absolute Gasteiger partial charge is 0.325 e. The molecule has 3 aromatic rings. The topological polar surface area (TPSA) is 70.2 Å². The van der Waals surface area contributed by atoms with Gasteiger partial charge in [-0.1, -0.05) is 23.7 Å². The Balaban J connectivity index is 2.03. The number of carbonyl (C=O) groups excluding carboxylic acids is 1. The number of nitrogens with zero attached hydrogens (tertiary/aromatic N) is 2. The van der Waals surface area contributed by atoms with E-state index < -0.39 is 0 Å². The zero-order valence-electron chi connectivity index (χ0n) is 14.9. The molecule has 0 aliphatic rings. The van der Waals surface area contributed by atoms with Crippen LogP contribution in [0.2, 0.25) is 0 Å². The maximum absolute atomic E-state index is 11.4. The molecule has 0 fully saturated rings. The van der Waals surface area contributed by atoms with Crippen molar-refractivity contribution in [1.82, 2.24) is 3.96 Å². The molecular formula is C20H20N4OS. The van der Waals surface area contributed by atoms with Crippen molar-refractivity contribution in [3.05, 3.63) is 76.1 Å². The first kappa shape index (κ1) is 17.8. The summed E-state index contributed by atoms with van der Waals surface area (Å²) in [6, 6.07) is 16.9. The van der Waals surface area contributed by atoms with Crippen LogP contribution < -0.4 is 10.8 Å². The van der Waals surface area contributed by atoms with Crippen LogP contribution in [-0.2, 0) is 0 Å². The molecule has 0 aliphatic carbocycles. The Morgan fingerprint density at radius 1 is 1.12 bits per heavy atom. The Labute approximate surface area is 156 Å². The van der Waals surface area contributed by atoms with Gasteiger partial charge >= 0.3 is 0 Å². The van der Waals surface area contributed by atoms with E-state index in [0.29, 0.717) is 22.7 Å². The normalized spacial score (nSPS) is 11.4. The third-order valence-electron chi connectivity index (χ3n) is 3.77. The molecule has 26 heavy (non-hydrogen) atoms. The van der Waals surface area contributed by atoms with Gasteiger partial charge in [0.25, 0.3) is 0 Å². The fourth-order valence-corrected chi connectivity index (χ4v) is 3.27. The number of hydrogen-bond donors (Lipinski definition) is 2. The molecule has 132 valence electrons. The maximum atomic E-state index is 11.4. The Kier molecular flexibility index (Phi) is 5.14. The summed E-state index contributed by atoms with van der Waals surface area (Å²) in [5, 5.41) is 11.5. The van der Waals surface area contributed by atoms with E-state index in [9.17, 15) is 4.79 Å². The SMILES string of the molecule is CC(=O)c1ccc(N=C(Nc2cccc(C)c2)n2sc(C)cc2=N)cc1. The summed E-state index contributed by atoms with van der Waals surface area (Å²) in [5.41, 5.74) is 3.77. The quantitative estimate of drug-likeness (QED) is 0.408. The van der Waals surface area contributed by atoms with Gasteiger partial charge in [0.05, 0.1) is 5.69 Å². The Morgan fingerprint density at radius 2 is 1.85 bits per heavy atom. The zero-order valence-corrected chi connectivity index (χ0v) is 15.7. The van der Waals surface area contributed by atoms with Crippen molar-refractivity contribution in [2.45, 2.75) is 20.8 Å². The van der Waals surface area contributed by atoms with Crippen LogP contribution in [0.5, 0.6) is 0 Å². The van der Waals surface area contributed by atoms with Crippen LogP contribution in [0.15, 0.2) is 59.6 Å². The Morgan fingerprint density at radius 3 is 2.42 bits per heavy atom. The van der Waals surface area contributed by atoms with Crippen molar-refractivity contribution in [1.29, 1.82) is 5.41 Å². The first-order valence-electron chi connectivity index (χ1n) is 8.21. The van der Waals surface area contributed by atoms with Crippen LogP contribution in [0.25, 0.3) is 0 Å². The number of carbonyl (C=O) groups is 1. The molecule has 0 bridgehead atoms. The number of Topliss-reactive ketones (excluding diaryl/α,β-unsaturated/α-hetero) is 1. The highest BCUT2D eigenvalue weighted by Gasteiger charge is 2.09. The lowest BCUT2D eigenvalue weighted by atomic mass is 10.1. The zero-order chi connectivity index (χ0) is 18.7. The molecule has 6 heteroatoms. The summed E-state index contributed by atoms with van der Waals surface area (Å²) >= 11 is 1.45. The van der Waals surface area contributed by atoms with E-state index in [-0.39, 0.29) is 5.78 Å². The Hall–Kier alpha value is -2.99. The average molecular weight is 364 g/mol. The van der Waals surface area contributed by atoms with Crippen LogP contribution in [0.1, 0.15) is 27.7 Å². The van der Waals surface area contributed by atoms with Crippen LogP contribution in [0, 0.1) is 19.3 Å². The van der Waals surface area contributed by atoms with Gasteiger partial charge in [-0.25, -0.2) is 8.95 Å². The predicted octanol–water partition coefficient (Wildman–Crippen LogP) is 4.50. The minimum Gasteiger partial charge on any atom is -0.325 e. The lowest BCUT2D eigenvalue weighted by Gasteiger charge is -2.11. The molecule has 0 atom stereocenters. The van der Waals surface area contributed by atoms with Crippen molar-refractivity contribution in [3.63, 3.8) is 0 Å². The second kappa shape index (κ2) is 7.49. The van der Waals surface area contributed by atoms with E-state index in [1.165, 1.54) is 11.5 Å². The number of ketones is 1. The molecule has 1 aromatic heterocycles. The van der Waals surface area contributed by atoms with E-state index in [4.69, 9.17) is 5.41 Å². The average Bonchev–Trinajstić information content (AvgIpc) is 2.93. The highest BCUT2D eigenvalue weighted by atomic mass is 32.1. The number of nitrogens with one attached hydrogen (secondary N) is 2. The number of anilines is 1. The molecule has 5 nitrogen and oxygen atoms in total. The number of benzene rings is 2. The molecule has 2 aromatic carbocycles. The summed E-state index contributed by atoms with van der Waals surface area (Å²) in [4.78, 5) is 17.1. The molecule has 3 rings (SSSR count). The molecule has 0 amide bonds. The van der Waals surface area contributed by atoms with Crippen molar-refractivity contribution in [3.8, 4) is 0 Å². The summed E-state index contributed by atoms with van der Waals surface area (Å²) in [7, 11) is 0. The first-order valence-corrected chi connectivity index (χ1v) is 8.98. The molecule has 0 radical (unpaired) electrons. The molecular weight excluding hydrogens is 344 g/mol. The summed E-state index contributed by atoms with van der Waals surface area (Å²) in [6.45, 7) is 5.53. The molecule has 0 spiro atoms. The van der Waals surface area contributed by atoms with Crippen LogP contribution >= 0.6 is 11.5 Å². The standard InChI is InChI=1S/C20H20N4OS/c1-13-5-4-6-18(11-13)23-20(24-19(21)12-14(2)26-24)22-17-9-7-16(8-10-17)15(3)25/h4-12,21H,1-3H3,(H,22,23). The van der Waals surface area contributed by atoms with E-state index in [1.54, 1.807) is 41.2 Å². The van der Waals surface area contributed by atoms with Gasteiger partial charge in [0.2, 0.25) is 5.96 Å². The summed E-state index contributed by atoms with van der Waals surface area (Å²) in [5.74, 6) is 0.574. The fourth-order valence-electron chi connectivity index (χ4n) is 2.50. The number of aromatic nitrogens is 1. The second-order valence-electron chi connectivity index (χ2n) is 6.06. The first-order chi connectivity index (χ1) is 12.4. The number of aryl methyl sites for hydroxylation is 2. The molecule has 0 saturated heterocycles. The highest BCUT2D eigenvalue weighted by Crippen LogP contribution is 2.17. The fraction of sp³-hybridized carbons (Fsp3) is 0.150. The van der Waals surface area contributed by atoms with Gasteiger partial charge in [0, 0.05) is 16.1 Å². The third-order valence-corrected chi connectivity index (χ3v) is 4.73. The van der Waals surface area contributed by atoms with Gasteiger partial charge in [0.15, 0.2) is 5.78 Å². The van der Waals surface area contributed by atoms with Gasteiger partial charge in [0.1, 0.15) is 5.49 Å². The molecule has 0 saturated carbocycles. The van der Waals surface area contributed by atoms with E-state index in [0.717, 1.165) is 16.1 Å². The predicted molar refractivity (Wildman–Crippen MR) is 107 cm³/mol. The lowest BCUT2D eigenvalue weighted by molar-refractivity contribution is 0.101. The van der Waals surface area contributed by atoms with Gasteiger partial charge in [-0.3, -0.25) is 10.2 Å². The maximum Gasteiger partial charge on any atom is 0.223 e. The minimum atomic E-state index is 0.0235. The van der Waals surface area contributed by atoms with Gasteiger partial charge in [-0.05, 0) is 68.8 Å². The summed E-state index contributed by atoms with van der Waals surface area (Å²) in [6.07, 6.45) is 0. The summed E-state index contributed by atoms with van der Waals surface area (Å²) < 4.78 is 1.75. The molecule has 1 heterocycles. The minimum absolute atomic E-state index is 0.0235. The smallest absolute Gasteiger partial charge is 0.223 e. The lowest BCUT2D eigenvalue weighted by Crippen LogP contribution is -2.28. The van der Waals surface area contributed by atoms with Crippen LogP contribution in [-0.4, -0.2) is 15.7 Å². The molecule has 2 N–H and O–H groups in total. The number of hydrogen-bond acceptors (Lipinski definition) is 4. The van der Waals surface area contributed by atoms with Crippen molar-refractivity contribution in [2.24, 2.45) is 4.99 Å². The monoisotopic (exact) mass is 364 g/mol. The number of aliphatic imine (C=N–C) groups is 1.